The highest BCUT2D eigenvalue weighted by molar-refractivity contribution is 5.90. The molecule has 172 valence electrons. The predicted molar refractivity (Wildman–Crippen MR) is 123 cm³/mol. The third-order valence-corrected chi connectivity index (χ3v) is 7.30. The first-order valence-electron chi connectivity index (χ1n) is 11.8. The van der Waals surface area contributed by atoms with E-state index in [1.54, 1.807) is 9.80 Å². The maximum absolute atomic E-state index is 14.1. The number of benzene rings is 2. The summed E-state index contributed by atoms with van der Waals surface area (Å²) in [5.41, 5.74) is 1.77. The quantitative estimate of drug-likeness (QED) is 0.781. The first-order chi connectivity index (χ1) is 16.1. The van der Waals surface area contributed by atoms with Gasteiger partial charge < -0.3 is 19.8 Å². The maximum Gasteiger partial charge on any atom is 0.328 e. The van der Waals surface area contributed by atoms with Crippen molar-refractivity contribution < 1.29 is 19.5 Å². The van der Waals surface area contributed by atoms with Crippen molar-refractivity contribution >= 4 is 17.9 Å². The zero-order chi connectivity index (χ0) is 22.9. The van der Waals surface area contributed by atoms with Crippen LogP contribution < -0.4 is 0 Å². The summed E-state index contributed by atoms with van der Waals surface area (Å²) in [6.07, 6.45) is 3.20. The Labute approximate surface area is 193 Å². The van der Waals surface area contributed by atoms with Crippen molar-refractivity contribution in [1.82, 2.24) is 14.7 Å². The van der Waals surface area contributed by atoms with Crippen molar-refractivity contribution in [3.8, 4) is 0 Å². The van der Waals surface area contributed by atoms with E-state index in [1.165, 1.54) is 4.90 Å². The molecule has 3 aliphatic heterocycles. The van der Waals surface area contributed by atoms with Crippen LogP contribution in [0.5, 0.6) is 0 Å². The van der Waals surface area contributed by atoms with Crippen molar-refractivity contribution in [2.75, 3.05) is 19.6 Å². The van der Waals surface area contributed by atoms with E-state index in [4.69, 9.17) is 0 Å². The molecule has 1 unspecified atom stereocenters. The molecule has 0 saturated carbocycles. The highest BCUT2D eigenvalue weighted by atomic mass is 16.4. The Balaban J connectivity index is 1.48. The van der Waals surface area contributed by atoms with E-state index in [1.807, 2.05) is 60.7 Å². The second-order valence-electron chi connectivity index (χ2n) is 9.21. The van der Waals surface area contributed by atoms with Gasteiger partial charge in [0.15, 0.2) is 6.04 Å². The number of hydrogen-bond acceptors (Lipinski definition) is 3. The van der Waals surface area contributed by atoms with E-state index in [9.17, 15) is 19.5 Å². The van der Waals surface area contributed by atoms with Crippen LogP contribution in [0.4, 0.5) is 4.79 Å². The lowest BCUT2D eigenvalue weighted by molar-refractivity contribution is -0.151. The number of likely N-dealkylation sites (tertiary alicyclic amines) is 2. The molecular weight excluding hydrogens is 418 g/mol. The van der Waals surface area contributed by atoms with Gasteiger partial charge in [0.05, 0.1) is 12.0 Å². The number of rotatable bonds is 4. The van der Waals surface area contributed by atoms with Crippen molar-refractivity contribution in [2.24, 2.45) is 0 Å². The van der Waals surface area contributed by atoms with E-state index in [0.29, 0.717) is 25.9 Å². The molecule has 7 heteroatoms. The van der Waals surface area contributed by atoms with Gasteiger partial charge in [0.1, 0.15) is 0 Å². The summed E-state index contributed by atoms with van der Waals surface area (Å²) in [7, 11) is 0. The minimum Gasteiger partial charge on any atom is -0.480 e. The van der Waals surface area contributed by atoms with Gasteiger partial charge in [0.25, 0.3) is 0 Å². The summed E-state index contributed by atoms with van der Waals surface area (Å²) in [4.78, 5) is 44.7. The van der Waals surface area contributed by atoms with Gasteiger partial charge >= 0.3 is 12.0 Å². The standard InChI is InChI=1S/C26H29N3O4/c30-24(22(18-9-3-1-4-10-18)19-11-5-2-6-12-19)29-20-13-14-21(29)23(25(31)32)28(17-20)26(33)27-15-7-8-16-27/h1-6,9-12,20-23H,7-8,13-17H2,(H,31,32)/t20?,21-,23+/m1/s1. The first kappa shape index (κ1) is 21.5. The summed E-state index contributed by atoms with van der Waals surface area (Å²) in [6.45, 7) is 1.61. The zero-order valence-corrected chi connectivity index (χ0v) is 18.5. The average Bonchev–Trinajstić information content (AvgIpc) is 3.47. The molecule has 3 atom stereocenters. The minimum atomic E-state index is -1.04. The van der Waals surface area contributed by atoms with Crippen LogP contribution in [-0.4, -0.2) is 75.5 Å². The molecule has 3 fully saturated rings. The number of carboxylic acids is 1. The van der Waals surface area contributed by atoms with Gasteiger partial charge in [0, 0.05) is 25.7 Å². The number of nitrogens with zero attached hydrogens (tertiary/aromatic N) is 3. The molecule has 0 aromatic heterocycles. The van der Waals surface area contributed by atoms with Gasteiger partial charge in [-0.15, -0.1) is 0 Å². The largest absolute Gasteiger partial charge is 0.480 e. The number of carboxylic acid groups (broad SMARTS) is 1. The Bertz CT molecular complexity index is 983. The molecule has 0 spiro atoms. The molecule has 3 aliphatic rings. The fourth-order valence-corrected chi connectivity index (χ4v) is 5.80. The lowest BCUT2D eigenvalue weighted by Crippen LogP contribution is -2.66. The lowest BCUT2D eigenvalue weighted by Gasteiger charge is -2.46. The molecule has 2 aromatic carbocycles. The number of carbonyl (C=O) groups is 3. The van der Waals surface area contributed by atoms with E-state index in [0.717, 1.165) is 24.0 Å². The number of fused-ring (bicyclic) bond motifs is 2. The Hall–Kier alpha value is -3.35. The summed E-state index contributed by atoms with van der Waals surface area (Å²) < 4.78 is 0. The molecule has 3 heterocycles. The molecule has 1 N–H and O–H groups in total. The Morgan fingerprint density at radius 2 is 1.42 bits per heavy atom. The Morgan fingerprint density at radius 1 is 0.848 bits per heavy atom. The van der Waals surface area contributed by atoms with E-state index in [2.05, 4.69) is 0 Å². The number of urea groups is 1. The average molecular weight is 448 g/mol. The van der Waals surface area contributed by atoms with Crippen molar-refractivity contribution in [1.29, 1.82) is 0 Å². The number of aliphatic carboxylic acids is 1. The first-order valence-corrected chi connectivity index (χ1v) is 11.8. The molecule has 0 aliphatic carbocycles. The Morgan fingerprint density at radius 3 is 1.97 bits per heavy atom. The highest BCUT2D eigenvalue weighted by Crippen LogP contribution is 2.39. The van der Waals surface area contributed by atoms with Gasteiger partial charge in [-0.2, -0.15) is 0 Å². The fraction of sp³-hybridized carbons (Fsp3) is 0.423. The molecule has 7 nitrogen and oxygen atoms in total. The molecule has 3 saturated heterocycles. The van der Waals surface area contributed by atoms with Gasteiger partial charge in [-0.25, -0.2) is 9.59 Å². The summed E-state index contributed by atoms with van der Waals surface area (Å²) in [5, 5.41) is 10.1. The van der Waals surface area contributed by atoms with Gasteiger partial charge in [0.2, 0.25) is 5.91 Å². The van der Waals surface area contributed by atoms with Crippen LogP contribution in [0.1, 0.15) is 42.7 Å². The van der Waals surface area contributed by atoms with Crippen molar-refractivity contribution in [3.05, 3.63) is 71.8 Å². The minimum absolute atomic E-state index is 0.0839. The van der Waals surface area contributed by atoms with Crippen LogP contribution in [0.15, 0.2) is 60.7 Å². The third kappa shape index (κ3) is 3.86. The molecule has 5 rings (SSSR count). The SMILES string of the molecule is O=C(O)[C@@H]1[C@H]2CCC(CN1C(=O)N1CCCC1)N2C(=O)C(c1ccccc1)c1ccccc1. The second-order valence-corrected chi connectivity index (χ2v) is 9.21. The predicted octanol–water partition coefficient (Wildman–Crippen LogP) is 3.16. The van der Waals surface area contributed by atoms with Gasteiger partial charge in [-0.05, 0) is 36.8 Å². The Kier molecular flexibility index (Phi) is 5.79. The second kappa shape index (κ2) is 8.89. The topological polar surface area (TPSA) is 81.2 Å². The van der Waals surface area contributed by atoms with Gasteiger partial charge in [-0.1, -0.05) is 60.7 Å². The van der Waals surface area contributed by atoms with Crippen LogP contribution in [0.25, 0.3) is 0 Å². The zero-order valence-electron chi connectivity index (χ0n) is 18.5. The van der Waals surface area contributed by atoms with E-state index in [-0.39, 0.29) is 24.5 Å². The van der Waals surface area contributed by atoms with Crippen LogP contribution >= 0.6 is 0 Å². The molecule has 3 amide bonds. The number of amides is 3. The van der Waals surface area contributed by atoms with E-state index >= 15 is 0 Å². The van der Waals surface area contributed by atoms with Crippen LogP contribution in [-0.2, 0) is 9.59 Å². The van der Waals surface area contributed by atoms with Crippen LogP contribution in [0.3, 0.4) is 0 Å². The summed E-state index contributed by atoms with van der Waals surface area (Å²) >= 11 is 0. The highest BCUT2D eigenvalue weighted by Gasteiger charge is 2.54. The molecule has 33 heavy (non-hydrogen) atoms. The monoisotopic (exact) mass is 447 g/mol. The number of hydrogen-bond donors (Lipinski definition) is 1. The molecule has 2 aromatic rings. The van der Waals surface area contributed by atoms with Crippen molar-refractivity contribution in [3.63, 3.8) is 0 Å². The summed E-state index contributed by atoms with van der Waals surface area (Å²) in [6, 6.07) is 17.4. The van der Waals surface area contributed by atoms with E-state index < -0.39 is 24.0 Å². The van der Waals surface area contributed by atoms with Gasteiger partial charge in [-0.3, -0.25) is 4.79 Å². The number of carbonyl (C=O) groups excluding carboxylic acids is 2. The van der Waals surface area contributed by atoms with Crippen molar-refractivity contribution in [2.45, 2.75) is 49.7 Å². The molecule has 2 bridgehead atoms. The fourth-order valence-electron chi connectivity index (χ4n) is 5.80. The third-order valence-electron chi connectivity index (χ3n) is 7.30. The number of piperazine rings is 1. The smallest absolute Gasteiger partial charge is 0.328 e. The van der Waals surface area contributed by atoms with Crippen LogP contribution in [0.2, 0.25) is 0 Å². The normalized spacial score (nSPS) is 24.4. The van der Waals surface area contributed by atoms with Crippen LogP contribution in [0, 0.1) is 0 Å². The maximum atomic E-state index is 14.1. The summed E-state index contributed by atoms with van der Waals surface area (Å²) in [5.74, 6) is -1.63. The molecular formula is C26H29N3O4. The lowest BCUT2D eigenvalue weighted by atomic mass is 9.88. The molecule has 0 radical (unpaired) electrons.